The molecule has 2 atom stereocenters. The predicted octanol–water partition coefficient (Wildman–Crippen LogP) is 4.47. The van der Waals surface area contributed by atoms with Crippen molar-refractivity contribution in [2.45, 2.75) is 57.3 Å². The van der Waals surface area contributed by atoms with Crippen molar-refractivity contribution in [1.29, 1.82) is 0 Å². The predicted molar refractivity (Wildman–Crippen MR) is 121 cm³/mol. The third-order valence-corrected chi connectivity index (χ3v) is 7.48. The van der Waals surface area contributed by atoms with Gasteiger partial charge in [-0.05, 0) is 80.4 Å². The Morgan fingerprint density at radius 3 is 2.62 bits per heavy atom. The molecule has 1 saturated carbocycles. The van der Waals surface area contributed by atoms with Gasteiger partial charge in [0.2, 0.25) is 0 Å². The molecule has 1 aromatic heterocycles. The molecule has 0 amide bonds. The van der Waals surface area contributed by atoms with Gasteiger partial charge in [0, 0.05) is 12.2 Å². The van der Waals surface area contributed by atoms with Gasteiger partial charge in [0.05, 0.1) is 27.9 Å². The van der Waals surface area contributed by atoms with Gasteiger partial charge >= 0.3 is 5.97 Å². The van der Waals surface area contributed by atoms with E-state index >= 15 is 0 Å². The smallest absolute Gasteiger partial charge is 0.306 e. The molecule has 3 aliphatic rings. The van der Waals surface area contributed by atoms with Gasteiger partial charge in [0.25, 0.3) is 5.91 Å². The van der Waals surface area contributed by atoms with Crippen LogP contribution in [0.1, 0.15) is 77.3 Å². The molecular formula is C25H27ClN2O4. The van der Waals surface area contributed by atoms with Crippen LogP contribution >= 0.6 is 11.6 Å². The fourth-order valence-corrected chi connectivity index (χ4v) is 5.41. The molecule has 2 unspecified atom stereocenters. The zero-order chi connectivity index (χ0) is 22.4. The largest absolute Gasteiger partial charge is 0.481 e. The van der Waals surface area contributed by atoms with E-state index in [9.17, 15) is 19.8 Å². The molecule has 3 aliphatic carbocycles. The highest BCUT2D eigenvalue weighted by atomic mass is 35.5. The second-order valence-corrected chi connectivity index (χ2v) is 9.71. The average Bonchev–Trinajstić information content (AvgIpc) is 3.58. The minimum absolute atomic E-state index is 0.0799. The lowest BCUT2D eigenvalue weighted by atomic mass is 9.83. The number of hydrogen-bond acceptors (Lipinski definition) is 4. The van der Waals surface area contributed by atoms with Gasteiger partial charge in [0.1, 0.15) is 0 Å². The van der Waals surface area contributed by atoms with E-state index in [2.05, 4.69) is 0 Å². The number of carbonyl (C=O) groups is 2. The molecule has 2 N–H and O–H groups in total. The third-order valence-electron chi connectivity index (χ3n) is 7.17. The summed E-state index contributed by atoms with van der Waals surface area (Å²) in [7, 11) is 0. The quantitative estimate of drug-likeness (QED) is 0.695. The monoisotopic (exact) mass is 454 g/mol. The van der Waals surface area contributed by atoms with Gasteiger partial charge in [-0.1, -0.05) is 29.8 Å². The molecule has 0 spiro atoms. The maximum atomic E-state index is 13.8. The second kappa shape index (κ2) is 8.49. The van der Waals surface area contributed by atoms with Crippen LogP contribution in [0.4, 0.5) is 0 Å². The van der Waals surface area contributed by atoms with Crippen LogP contribution in [-0.2, 0) is 17.6 Å². The molecule has 1 fully saturated rings. The number of carboxylic acids is 1. The van der Waals surface area contributed by atoms with Crippen molar-refractivity contribution in [3.63, 3.8) is 0 Å². The number of rotatable bonds is 5. The number of carbonyl (C=O) groups excluding carboxylic acids is 1. The molecule has 5 rings (SSSR count). The van der Waals surface area contributed by atoms with Gasteiger partial charge in [-0.25, -0.2) is 0 Å². The van der Waals surface area contributed by atoms with Crippen molar-refractivity contribution in [1.82, 2.24) is 9.78 Å². The zero-order valence-electron chi connectivity index (χ0n) is 17.9. The molecule has 2 aromatic rings. The van der Waals surface area contributed by atoms with Gasteiger partial charge in [-0.2, -0.15) is 9.78 Å². The lowest BCUT2D eigenvalue weighted by molar-refractivity contribution is -0.141. The molecule has 168 valence electrons. The minimum Gasteiger partial charge on any atom is -0.481 e. The van der Waals surface area contributed by atoms with Crippen LogP contribution in [0.25, 0.3) is 5.57 Å². The summed E-state index contributed by atoms with van der Waals surface area (Å²) in [5.74, 6) is -0.859. The summed E-state index contributed by atoms with van der Waals surface area (Å²) >= 11 is 6.52. The number of fused-ring (bicyclic) bond motifs is 1. The molecular weight excluding hydrogens is 428 g/mol. The van der Waals surface area contributed by atoms with Crippen LogP contribution in [0, 0.1) is 11.8 Å². The molecule has 0 aliphatic heterocycles. The Bertz CT molecular complexity index is 1120. The Labute approximate surface area is 191 Å². The van der Waals surface area contributed by atoms with E-state index in [1.807, 2.05) is 18.2 Å². The van der Waals surface area contributed by atoms with Crippen molar-refractivity contribution in [3.8, 4) is 0 Å². The van der Waals surface area contributed by atoms with Gasteiger partial charge in [0.15, 0.2) is 0 Å². The van der Waals surface area contributed by atoms with E-state index in [-0.39, 0.29) is 24.3 Å². The van der Waals surface area contributed by atoms with E-state index in [0.29, 0.717) is 42.2 Å². The molecule has 0 bridgehead atoms. The van der Waals surface area contributed by atoms with Crippen molar-refractivity contribution < 1.29 is 19.8 Å². The summed E-state index contributed by atoms with van der Waals surface area (Å²) < 4.78 is 1.52. The number of benzene rings is 1. The van der Waals surface area contributed by atoms with Crippen molar-refractivity contribution in [2.24, 2.45) is 11.8 Å². The van der Waals surface area contributed by atoms with Crippen LogP contribution in [0.5, 0.6) is 0 Å². The molecule has 1 heterocycles. The normalized spacial score (nSPS) is 22.9. The lowest BCUT2D eigenvalue weighted by Gasteiger charge is -2.23. The Kier molecular flexibility index (Phi) is 5.68. The van der Waals surface area contributed by atoms with Gasteiger partial charge in [-0.15, -0.1) is 0 Å². The van der Waals surface area contributed by atoms with Gasteiger partial charge in [-0.3, -0.25) is 9.59 Å². The molecule has 6 nitrogen and oxygen atoms in total. The highest BCUT2D eigenvalue weighted by molar-refractivity contribution is 6.34. The number of hydrogen-bond donors (Lipinski definition) is 2. The Hall–Kier alpha value is -2.44. The molecule has 7 heteroatoms. The zero-order valence-corrected chi connectivity index (χ0v) is 18.6. The summed E-state index contributed by atoms with van der Waals surface area (Å²) in [6, 6.07) is 5.63. The average molecular weight is 455 g/mol. The molecule has 32 heavy (non-hydrogen) atoms. The van der Waals surface area contributed by atoms with Crippen molar-refractivity contribution in [2.75, 3.05) is 6.61 Å². The summed E-state index contributed by atoms with van der Waals surface area (Å²) in [6.45, 7) is 0.0799. The van der Waals surface area contributed by atoms with Crippen LogP contribution in [0.3, 0.4) is 0 Å². The second-order valence-electron chi connectivity index (χ2n) is 9.30. The first-order chi connectivity index (χ1) is 15.5. The van der Waals surface area contributed by atoms with E-state index in [0.717, 1.165) is 53.8 Å². The molecule has 0 radical (unpaired) electrons. The van der Waals surface area contributed by atoms with E-state index in [1.165, 1.54) is 4.68 Å². The third kappa shape index (κ3) is 3.80. The highest BCUT2D eigenvalue weighted by Gasteiger charge is 2.34. The summed E-state index contributed by atoms with van der Waals surface area (Å²) in [5.41, 5.74) is 5.27. The molecule has 0 saturated heterocycles. The first-order valence-electron chi connectivity index (χ1n) is 11.4. The Morgan fingerprint density at radius 1 is 1.16 bits per heavy atom. The topological polar surface area (TPSA) is 92.4 Å². The first kappa shape index (κ1) is 21.4. The minimum atomic E-state index is -0.764. The Balaban J connectivity index is 1.58. The molecule has 1 aromatic carbocycles. The van der Waals surface area contributed by atoms with Gasteiger partial charge < -0.3 is 10.2 Å². The highest BCUT2D eigenvalue weighted by Crippen LogP contribution is 2.44. The maximum Gasteiger partial charge on any atom is 0.306 e. The fraction of sp³-hybridized carbons (Fsp3) is 0.480. The summed E-state index contributed by atoms with van der Waals surface area (Å²) in [5, 5.41) is 24.3. The standard InChI is InChI=1S/C25H27ClN2O4/c26-20-3-1-2-18(15-5-6-15)22(20)24(30)28-21-12-14(13-29)4-11-19(21)23(27-28)16-7-9-17(10-8-16)25(31)32/h1-3,7,14-15,17,29H,4-6,8-13H2,(H,31,32). The van der Waals surface area contributed by atoms with Crippen LogP contribution in [-0.4, -0.2) is 38.5 Å². The Morgan fingerprint density at radius 2 is 1.97 bits per heavy atom. The maximum absolute atomic E-state index is 13.8. The number of carboxylic acid groups (broad SMARTS) is 1. The lowest BCUT2D eigenvalue weighted by Crippen LogP contribution is -2.24. The number of allylic oxidation sites excluding steroid dienone is 2. The van der Waals surface area contributed by atoms with Crippen LogP contribution in [0.2, 0.25) is 5.02 Å². The summed E-state index contributed by atoms with van der Waals surface area (Å²) in [6.07, 6.45) is 7.99. The van der Waals surface area contributed by atoms with E-state index in [4.69, 9.17) is 16.7 Å². The van der Waals surface area contributed by atoms with Crippen molar-refractivity contribution in [3.05, 3.63) is 57.4 Å². The fourth-order valence-electron chi connectivity index (χ4n) is 5.14. The SMILES string of the molecule is O=C(O)C1CC=C(c2nn(C(=O)c3c(Cl)cccc3C3CC3)c3c2CCC(CO)C3)CC1. The van der Waals surface area contributed by atoms with Crippen molar-refractivity contribution >= 4 is 29.1 Å². The summed E-state index contributed by atoms with van der Waals surface area (Å²) in [4.78, 5) is 25.1. The number of aliphatic carboxylic acids is 1. The van der Waals surface area contributed by atoms with Crippen LogP contribution in [0.15, 0.2) is 24.3 Å². The van der Waals surface area contributed by atoms with Crippen LogP contribution < -0.4 is 0 Å². The van der Waals surface area contributed by atoms with E-state index in [1.54, 1.807) is 6.07 Å². The number of aliphatic hydroxyl groups excluding tert-OH is 1. The van der Waals surface area contributed by atoms with E-state index < -0.39 is 5.97 Å². The number of aliphatic hydroxyl groups is 1. The number of aromatic nitrogens is 2. The number of halogens is 1. The number of nitrogens with zero attached hydrogens (tertiary/aromatic N) is 2. The first-order valence-corrected chi connectivity index (χ1v) is 11.8.